The highest BCUT2D eigenvalue weighted by molar-refractivity contribution is 6.31. The Morgan fingerprint density at radius 3 is 2.63 bits per heavy atom. The number of hydrogen-bond acceptors (Lipinski definition) is 7. The highest BCUT2D eigenvalue weighted by atomic mass is 35.5. The summed E-state index contributed by atoms with van der Waals surface area (Å²) in [4.78, 5) is 29.7. The number of rotatable bonds is 6. The van der Waals surface area contributed by atoms with Crippen LogP contribution in [0.3, 0.4) is 0 Å². The van der Waals surface area contributed by atoms with Gasteiger partial charge < -0.3 is 8.98 Å². The first-order valence-electron chi connectivity index (χ1n) is 13.2. The minimum absolute atomic E-state index is 0.0528. The van der Waals surface area contributed by atoms with Crippen LogP contribution in [-0.2, 0) is 12.2 Å². The number of hydrogen-bond donors (Lipinski definition) is 1. The summed E-state index contributed by atoms with van der Waals surface area (Å²) in [6, 6.07) is 5.87. The summed E-state index contributed by atoms with van der Waals surface area (Å²) in [7, 11) is 0. The van der Waals surface area contributed by atoms with Gasteiger partial charge in [-0.2, -0.15) is 0 Å². The predicted molar refractivity (Wildman–Crippen MR) is 150 cm³/mol. The van der Waals surface area contributed by atoms with Crippen molar-refractivity contribution in [2.75, 3.05) is 0 Å². The number of pyridine rings is 1. The third kappa shape index (κ3) is 5.12. The van der Waals surface area contributed by atoms with Gasteiger partial charge in [0.05, 0.1) is 10.0 Å². The van der Waals surface area contributed by atoms with Crippen molar-refractivity contribution >= 4 is 34.4 Å². The van der Waals surface area contributed by atoms with Crippen LogP contribution in [-0.4, -0.2) is 34.7 Å². The number of nitrogens with zero attached hydrogens (tertiary/aromatic N) is 6. The van der Waals surface area contributed by atoms with Gasteiger partial charge in [-0.05, 0) is 43.7 Å². The van der Waals surface area contributed by atoms with Gasteiger partial charge in [-0.25, -0.2) is 33.6 Å². The van der Waals surface area contributed by atoms with Crippen LogP contribution in [0.15, 0.2) is 45.9 Å². The molecular weight excluding hydrogens is 575 g/mol. The maximum absolute atomic E-state index is 17.0. The Labute approximate surface area is 243 Å². The molecule has 4 aromatic heterocycles. The molecule has 1 atom stereocenters. The zero-order valence-electron chi connectivity index (χ0n) is 22.2. The fraction of sp³-hybridized carbons (Fsp3) is 0.357. The van der Waals surface area contributed by atoms with Crippen molar-refractivity contribution in [2.24, 2.45) is 11.8 Å². The molecule has 1 aliphatic rings. The molecular formula is C28H25Cl2F2N7O2. The lowest BCUT2D eigenvalue weighted by atomic mass is 9.83. The zero-order valence-corrected chi connectivity index (χ0v) is 23.7. The predicted octanol–water partition coefficient (Wildman–Crippen LogP) is 6.74. The molecule has 41 heavy (non-hydrogen) atoms. The number of aromatic nitrogens is 7. The van der Waals surface area contributed by atoms with E-state index in [1.165, 1.54) is 31.3 Å². The second-order valence-corrected chi connectivity index (χ2v) is 11.5. The van der Waals surface area contributed by atoms with E-state index in [0.717, 1.165) is 25.7 Å². The van der Waals surface area contributed by atoms with E-state index in [-0.39, 0.29) is 39.7 Å². The molecule has 0 spiro atoms. The lowest BCUT2D eigenvalue weighted by Crippen LogP contribution is -2.27. The molecule has 13 heteroatoms. The first-order chi connectivity index (χ1) is 19.6. The Balaban J connectivity index is 1.64. The van der Waals surface area contributed by atoms with E-state index in [1.54, 1.807) is 16.8 Å². The quantitative estimate of drug-likeness (QED) is 0.230. The molecule has 1 aromatic carbocycles. The van der Waals surface area contributed by atoms with Crippen molar-refractivity contribution < 1.29 is 13.2 Å². The fourth-order valence-corrected chi connectivity index (χ4v) is 5.84. The Kier molecular flexibility index (Phi) is 7.11. The Morgan fingerprint density at radius 2 is 1.93 bits per heavy atom. The number of aromatic amines is 1. The van der Waals surface area contributed by atoms with Crippen molar-refractivity contribution in [2.45, 2.75) is 51.7 Å². The molecule has 4 heterocycles. The summed E-state index contributed by atoms with van der Waals surface area (Å²) < 4.78 is 39.1. The van der Waals surface area contributed by atoms with E-state index in [9.17, 15) is 4.79 Å². The van der Waals surface area contributed by atoms with Crippen LogP contribution in [0.2, 0.25) is 10.0 Å². The van der Waals surface area contributed by atoms with Crippen molar-refractivity contribution in [1.29, 1.82) is 0 Å². The summed E-state index contributed by atoms with van der Waals surface area (Å²) in [6.07, 6.45) is 7.02. The number of fused-ring (bicyclic) bond motifs is 1. The summed E-state index contributed by atoms with van der Waals surface area (Å²) in [5, 5.41) is 6.19. The summed E-state index contributed by atoms with van der Waals surface area (Å²) in [5.41, 5.74) is -1.30. The van der Waals surface area contributed by atoms with Gasteiger partial charge in [-0.1, -0.05) is 55.1 Å². The molecule has 9 nitrogen and oxygen atoms in total. The number of imidazole rings is 1. The Bertz CT molecular complexity index is 1810. The van der Waals surface area contributed by atoms with E-state index in [4.69, 9.17) is 27.6 Å². The lowest BCUT2D eigenvalue weighted by molar-refractivity contribution is 0.209. The third-order valence-corrected chi connectivity index (χ3v) is 8.16. The molecule has 1 N–H and O–H groups in total. The first-order valence-corrected chi connectivity index (χ1v) is 14.0. The minimum Gasteiger partial charge on any atom is -0.384 e. The standard InChI is InChI=1S/C28H25Cl2F2N7O2/c1-14-6-8-15(9-7-14)13-39-22-21(16-10-17(29)12-33-11-16)34-24(25-37-38-27(40)41-25)35-23(22)36-26(39)28(2,32)18-4-3-5-19(30)20(18)31/h3-5,10-12,14-15H,6-9,13H2,1-2H3,(H,38,40). The monoisotopic (exact) mass is 599 g/mol. The summed E-state index contributed by atoms with van der Waals surface area (Å²) in [6.45, 7) is 3.88. The number of halogens is 4. The zero-order chi connectivity index (χ0) is 28.9. The number of alkyl halides is 1. The lowest BCUT2D eigenvalue weighted by Gasteiger charge is -2.29. The molecule has 1 aliphatic carbocycles. The van der Waals surface area contributed by atoms with Crippen LogP contribution in [0.1, 0.15) is 50.9 Å². The van der Waals surface area contributed by atoms with Crippen molar-refractivity contribution in [3.63, 3.8) is 0 Å². The van der Waals surface area contributed by atoms with Crippen molar-refractivity contribution in [3.8, 4) is 23.0 Å². The van der Waals surface area contributed by atoms with Crippen LogP contribution >= 0.6 is 23.2 Å². The Morgan fingerprint density at radius 1 is 1.15 bits per heavy atom. The average Bonchev–Trinajstić information content (AvgIpc) is 3.55. The van der Waals surface area contributed by atoms with Crippen LogP contribution in [0.5, 0.6) is 0 Å². The van der Waals surface area contributed by atoms with Gasteiger partial charge in [-0.15, -0.1) is 5.10 Å². The van der Waals surface area contributed by atoms with Gasteiger partial charge in [0.25, 0.3) is 5.89 Å². The van der Waals surface area contributed by atoms with Gasteiger partial charge in [0.2, 0.25) is 5.82 Å². The van der Waals surface area contributed by atoms with E-state index in [0.29, 0.717) is 34.3 Å². The first kappa shape index (κ1) is 27.5. The highest BCUT2D eigenvalue weighted by Crippen LogP contribution is 2.41. The topological polar surface area (TPSA) is 115 Å². The third-order valence-electron chi connectivity index (χ3n) is 7.66. The summed E-state index contributed by atoms with van der Waals surface area (Å²) >= 11 is 12.3. The average molecular weight is 600 g/mol. The number of nitrogens with one attached hydrogen (secondary N) is 1. The molecule has 0 saturated heterocycles. The molecule has 1 saturated carbocycles. The molecule has 0 amide bonds. The second-order valence-electron chi connectivity index (χ2n) is 10.7. The molecule has 0 aliphatic heterocycles. The van der Waals surface area contributed by atoms with Gasteiger partial charge >= 0.3 is 5.76 Å². The van der Waals surface area contributed by atoms with E-state index in [2.05, 4.69) is 37.1 Å². The van der Waals surface area contributed by atoms with Gasteiger partial charge in [0, 0.05) is 30.1 Å². The molecule has 212 valence electrons. The minimum atomic E-state index is -2.40. The normalized spacial score (nSPS) is 19.0. The summed E-state index contributed by atoms with van der Waals surface area (Å²) in [5.74, 6) is -1.11. The van der Waals surface area contributed by atoms with Gasteiger partial charge in [0.1, 0.15) is 17.0 Å². The SMILES string of the molecule is CC1CCC(Cn2c(C(C)(F)c3cccc(Cl)c3F)nc3nc(-c4n[nH]c(=O)o4)nc(-c4cncc(Cl)c4)c32)CC1. The second kappa shape index (κ2) is 10.6. The highest BCUT2D eigenvalue weighted by Gasteiger charge is 2.39. The molecule has 1 unspecified atom stereocenters. The number of H-pyrrole nitrogens is 1. The molecule has 6 rings (SSSR count). The van der Waals surface area contributed by atoms with E-state index in [1.807, 2.05) is 0 Å². The smallest absolute Gasteiger partial charge is 0.384 e. The molecule has 0 bridgehead atoms. The van der Waals surface area contributed by atoms with E-state index < -0.39 is 17.2 Å². The molecule has 5 aromatic rings. The maximum Gasteiger partial charge on any atom is 0.434 e. The fourth-order valence-electron chi connectivity index (χ4n) is 5.49. The van der Waals surface area contributed by atoms with Crippen molar-refractivity contribution in [3.05, 3.63) is 74.5 Å². The van der Waals surface area contributed by atoms with Crippen LogP contribution < -0.4 is 5.76 Å². The van der Waals surface area contributed by atoms with Crippen molar-refractivity contribution in [1.82, 2.24) is 34.7 Å². The number of benzene rings is 1. The van der Waals surface area contributed by atoms with Crippen LogP contribution in [0.25, 0.3) is 34.1 Å². The van der Waals surface area contributed by atoms with Gasteiger partial charge in [-0.3, -0.25) is 4.98 Å². The van der Waals surface area contributed by atoms with Crippen LogP contribution in [0, 0.1) is 17.7 Å². The largest absolute Gasteiger partial charge is 0.434 e. The maximum atomic E-state index is 17.0. The molecule has 1 fully saturated rings. The molecule has 0 radical (unpaired) electrons. The van der Waals surface area contributed by atoms with E-state index >= 15 is 8.78 Å². The van der Waals surface area contributed by atoms with Crippen LogP contribution in [0.4, 0.5) is 8.78 Å². The Hall–Kier alpha value is -3.70. The van der Waals surface area contributed by atoms with Gasteiger partial charge in [0.15, 0.2) is 17.1 Å².